The lowest BCUT2D eigenvalue weighted by Gasteiger charge is -2.30. The second-order valence-electron chi connectivity index (χ2n) is 4.65. The third kappa shape index (κ3) is 2.81. The average Bonchev–Trinajstić information content (AvgIpc) is 2.55. The van der Waals surface area contributed by atoms with E-state index in [-0.39, 0.29) is 6.04 Å². The van der Waals surface area contributed by atoms with Crippen LogP contribution in [0.15, 0.2) is 71.5 Å². The molecular formula is C17H13BrN2O. The van der Waals surface area contributed by atoms with Crippen molar-refractivity contribution in [3.05, 3.63) is 77.2 Å². The van der Waals surface area contributed by atoms with Crippen LogP contribution in [0.3, 0.4) is 0 Å². The number of aldehydes is 1. The zero-order valence-corrected chi connectivity index (χ0v) is 12.8. The van der Waals surface area contributed by atoms with Crippen molar-refractivity contribution < 1.29 is 4.79 Å². The Hall–Kier alpha value is -2.20. The van der Waals surface area contributed by atoms with Gasteiger partial charge in [0.05, 0.1) is 5.69 Å². The van der Waals surface area contributed by atoms with Crippen molar-refractivity contribution in [2.24, 2.45) is 0 Å². The molecule has 0 amide bonds. The van der Waals surface area contributed by atoms with Crippen molar-refractivity contribution in [1.29, 1.82) is 0 Å². The number of hydrogen-bond acceptors (Lipinski definition) is 3. The number of carbonyl (C=O) groups excluding carboxylic acids is 1. The summed E-state index contributed by atoms with van der Waals surface area (Å²) < 4.78 is 0.824. The summed E-state index contributed by atoms with van der Waals surface area (Å²) in [5.74, 6) is 0. The van der Waals surface area contributed by atoms with Crippen LogP contribution in [0.4, 0.5) is 5.69 Å². The van der Waals surface area contributed by atoms with E-state index >= 15 is 0 Å². The highest BCUT2D eigenvalue weighted by Crippen LogP contribution is 2.32. The van der Waals surface area contributed by atoms with Crippen LogP contribution in [0.1, 0.15) is 5.69 Å². The highest BCUT2D eigenvalue weighted by Gasteiger charge is 2.24. The molecule has 4 heteroatoms. The van der Waals surface area contributed by atoms with Gasteiger partial charge in [-0.25, -0.2) is 0 Å². The van der Waals surface area contributed by atoms with Crippen LogP contribution in [0, 0.1) is 0 Å². The standard InChI is InChI=1S/C17H13BrN2O/c18-15-10-13(16-8-4-5-9-19-16)11-20(17(15)12-21)14-6-2-1-3-7-14/h1-12,17H. The number of para-hydroxylation sites is 1. The molecule has 1 aliphatic heterocycles. The lowest BCUT2D eigenvalue weighted by atomic mass is 10.1. The van der Waals surface area contributed by atoms with Gasteiger partial charge in [0.25, 0.3) is 0 Å². The molecule has 0 aliphatic carbocycles. The summed E-state index contributed by atoms with van der Waals surface area (Å²) in [5, 5.41) is 0. The van der Waals surface area contributed by atoms with Gasteiger partial charge in [0.15, 0.2) is 0 Å². The first-order valence-electron chi connectivity index (χ1n) is 6.58. The largest absolute Gasteiger partial charge is 0.332 e. The Morgan fingerprint density at radius 3 is 2.52 bits per heavy atom. The van der Waals surface area contributed by atoms with Gasteiger partial charge < -0.3 is 9.69 Å². The molecule has 2 heterocycles. The van der Waals surface area contributed by atoms with Gasteiger partial charge in [-0.3, -0.25) is 4.98 Å². The van der Waals surface area contributed by atoms with Crippen LogP contribution in [-0.4, -0.2) is 17.3 Å². The number of hydrogen-bond donors (Lipinski definition) is 0. The molecule has 3 nitrogen and oxygen atoms in total. The summed E-state index contributed by atoms with van der Waals surface area (Å²) >= 11 is 3.51. The number of carbonyl (C=O) groups is 1. The zero-order valence-electron chi connectivity index (χ0n) is 11.2. The average molecular weight is 341 g/mol. The molecule has 0 N–H and O–H groups in total. The van der Waals surface area contributed by atoms with Crippen molar-refractivity contribution in [3.63, 3.8) is 0 Å². The number of benzene rings is 1. The monoisotopic (exact) mass is 340 g/mol. The van der Waals surface area contributed by atoms with Gasteiger partial charge >= 0.3 is 0 Å². The van der Waals surface area contributed by atoms with Crippen molar-refractivity contribution in [2.75, 3.05) is 4.90 Å². The second-order valence-corrected chi connectivity index (χ2v) is 5.57. The molecule has 0 saturated carbocycles. The molecular weight excluding hydrogens is 328 g/mol. The molecule has 1 unspecified atom stereocenters. The molecule has 21 heavy (non-hydrogen) atoms. The smallest absolute Gasteiger partial charge is 0.147 e. The van der Waals surface area contributed by atoms with Gasteiger partial charge in [0.2, 0.25) is 0 Å². The van der Waals surface area contributed by atoms with E-state index in [9.17, 15) is 4.79 Å². The Morgan fingerprint density at radius 1 is 1.10 bits per heavy atom. The summed E-state index contributed by atoms with van der Waals surface area (Å²) in [6.07, 6.45) is 6.60. The molecule has 1 aromatic heterocycles. The van der Waals surface area contributed by atoms with E-state index in [1.165, 1.54) is 0 Å². The molecule has 3 rings (SSSR count). The molecule has 0 fully saturated rings. The van der Waals surface area contributed by atoms with Gasteiger partial charge in [-0.05, 0) is 30.3 Å². The van der Waals surface area contributed by atoms with Crippen LogP contribution >= 0.6 is 15.9 Å². The molecule has 2 aromatic rings. The number of anilines is 1. The summed E-state index contributed by atoms with van der Waals surface area (Å²) in [5.41, 5.74) is 2.80. The minimum atomic E-state index is -0.347. The van der Waals surface area contributed by atoms with Gasteiger partial charge in [0.1, 0.15) is 12.3 Å². The topological polar surface area (TPSA) is 33.2 Å². The molecule has 1 aliphatic rings. The van der Waals surface area contributed by atoms with Crippen molar-refractivity contribution in [2.45, 2.75) is 6.04 Å². The lowest BCUT2D eigenvalue weighted by molar-refractivity contribution is -0.108. The Bertz CT molecular complexity index is 695. The predicted octanol–water partition coefficient (Wildman–Crippen LogP) is 3.79. The zero-order chi connectivity index (χ0) is 14.7. The minimum absolute atomic E-state index is 0.347. The molecule has 1 aromatic carbocycles. The normalized spacial score (nSPS) is 18.0. The maximum Gasteiger partial charge on any atom is 0.147 e. The first-order valence-corrected chi connectivity index (χ1v) is 7.38. The molecule has 0 saturated heterocycles. The van der Waals surface area contributed by atoms with E-state index in [0.717, 1.165) is 27.7 Å². The molecule has 0 bridgehead atoms. The maximum atomic E-state index is 11.4. The third-order valence-electron chi connectivity index (χ3n) is 3.30. The molecule has 104 valence electrons. The highest BCUT2D eigenvalue weighted by atomic mass is 79.9. The number of pyridine rings is 1. The third-order valence-corrected chi connectivity index (χ3v) is 4.00. The van der Waals surface area contributed by atoms with Gasteiger partial charge in [0, 0.05) is 28.1 Å². The first kappa shape index (κ1) is 13.8. The van der Waals surface area contributed by atoms with E-state index in [1.54, 1.807) is 6.20 Å². The fourth-order valence-electron chi connectivity index (χ4n) is 2.27. The first-order chi connectivity index (χ1) is 10.3. The van der Waals surface area contributed by atoms with Gasteiger partial charge in [-0.1, -0.05) is 40.2 Å². The van der Waals surface area contributed by atoms with Crippen LogP contribution in [0.25, 0.3) is 5.57 Å². The van der Waals surface area contributed by atoms with Crippen LogP contribution < -0.4 is 4.90 Å². The SMILES string of the molecule is O=CC1C(Br)=CC(c2ccccn2)=CN1c1ccccc1. The van der Waals surface area contributed by atoms with E-state index in [2.05, 4.69) is 20.9 Å². The van der Waals surface area contributed by atoms with Crippen LogP contribution in [0.5, 0.6) is 0 Å². The summed E-state index contributed by atoms with van der Waals surface area (Å²) in [7, 11) is 0. The summed E-state index contributed by atoms with van der Waals surface area (Å²) in [4.78, 5) is 17.8. The highest BCUT2D eigenvalue weighted by molar-refractivity contribution is 9.11. The van der Waals surface area contributed by atoms with Gasteiger partial charge in [-0.15, -0.1) is 0 Å². The van der Waals surface area contributed by atoms with Gasteiger partial charge in [-0.2, -0.15) is 0 Å². The quantitative estimate of drug-likeness (QED) is 0.797. The van der Waals surface area contributed by atoms with E-state index in [0.29, 0.717) is 0 Å². The van der Waals surface area contributed by atoms with Crippen molar-refractivity contribution >= 4 is 33.5 Å². The fraction of sp³-hybridized carbons (Fsp3) is 0.0588. The van der Waals surface area contributed by atoms with Crippen LogP contribution in [0.2, 0.25) is 0 Å². The Balaban J connectivity index is 2.06. The van der Waals surface area contributed by atoms with Crippen molar-refractivity contribution in [1.82, 2.24) is 4.98 Å². The second kappa shape index (κ2) is 6.06. The molecule has 0 radical (unpaired) electrons. The summed E-state index contributed by atoms with van der Waals surface area (Å²) in [6.45, 7) is 0. The molecule has 0 spiro atoms. The number of rotatable bonds is 3. The fourth-order valence-corrected chi connectivity index (χ4v) is 2.85. The Labute approximate surface area is 131 Å². The number of aromatic nitrogens is 1. The number of nitrogens with zero attached hydrogens (tertiary/aromatic N) is 2. The Morgan fingerprint density at radius 2 is 1.86 bits per heavy atom. The molecule has 1 atom stereocenters. The van der Waals surface area contributed by atoms with Crippen LogP contribution in [-0.2, 0) is 4.79 Å². The van der Waals surface area contributed by atoms with E-state index in [4.69, 9.17) is 0 Å². The Kier molecular flexibility index (Phi) is 3.97. The van der Waals surface area contributed by atoms with E-state index < -0.39 is 0 Å². The number of halogens is 1. The summed E-state index contributed by atoms with van der Waals surface area (Å²) in [6, 6.07) is 15.3. The lowest BCUT2D eigenvalue weighted by Crippen LogP contribution is -2.34. The number of allylic oxidation sites excluding steroid dienone is 2. The predicted molar refractivity (Wildman–Crippen MR) is 88.0 cm³/mol. The van der Waals surface area contributed by atoms with Crippen molar-refractivity contribution in [3.8, 4) is 0 Å². The maximum absolute atomic E-state index is 11.4. The minimum Gasteiger partial charge on any atom is -0.332 e. The van der Waals surface area contributed by atoms with E-state index in [1.807, 2.05) is 65.7 Å².